The molecule has 0 bridgehead atoms. The fraction of sp³-hybridized carbons (Fsp3) is 0.143. The Balaban J connectivity index is 2.10. The number of nitro groups is 1. The van der Waals surface area contributed by atoms with Gasteiger partial charge in [-0.2, -0.15) is 0 Å². The van der Waals surface area contributed by atoms with Crippen LogP contribution in [0.25, 0.3) is 23.0 Å². The Morgan fingerprint density at radius 2 is 1.92 bits per heavy atom. The summed E-state index contributed by atoms with van der Waals surface area (Å²) in [6.45, 7) is 1.47. The minimum absolute atomic E-state index is 0.0735. The van der Waals surface area contributed by atoms with Gasteiger partial charge >= 0.3 is 0 Å². The van der Waals surface area contributed by atoms with Crippen molar-refractivity contribution in [3.05, 3.63) is 45.0 Å². The average Bonchev–Trinajstić information content (AvgIpc) is 3.11. The molecule has 0 spiro atoms. The predicted octanol–water partition coefficient (Wildman–Crippen LogP) is 2.66. The van der Waals surface area contributed by atoms with Crippen LogP contribution < -0.4 is 0 Å². The second kappa shape index (κ2) is 6.88. The molecular formula is C14H10BrN5O5S. The number of rotatable bonds is 5. The minimum Gasteiger partial charge on any atom is -0.414 e. The first kappa shape index (κ1) is 18.1. The van der Waals surface area contributed by atoms with Gasteiger partial charge in [0, 0.05) is 12.3 Å². The number of hydrogen-bond acceptors (Lipinski definition) is 9. The van der Waals surface area contributed by atoms with Gasteiger partial charge in [-0.05, 0) is 22.0 Å². The Kier molecular flexibility index (Phi) is 4.78. The molecule has 0 aliphatic rings. The van der Waals surface area contributed by atoms with Crippen LogP contribution in [0.2, 0.25) is 0 Å². The molecular weight excluding hydrogens is 430 g/mol. The van der Waals surface area contributed by atoms with Gasteiger partial charge in [0.05, 0.1) is 15.1 Å². The number of aromatic nitrogens is 4. The van der Waals surface area contributed by atoms with Gasteiger partial charge in [0.15, 0.2) is 0 Å². The molecule has 0 unspecified atom stereocenters. The number of nitrogens with zero attached hydrogens (tertiary/aromatic N) is 5. The molecule has 0 aliphatic heterocycles. The molecule has 3 aromatic rings. The van der Waals surface area contributed by atoms with Gasteiger partial charge in [-0.3, -0.25) is 10.1 Å². The maximum atomic E-state index is 12.0. The Hall–Kier alpha value is -2.73. The topological polar surface area (TPSA) is 142 Å². The zero-order valence-electron chi connectivity index (χ0n) is 13.2. The summed E-state index contributed by atoms with van der Waals surface area (Å²) >= 11 is 3.20. The van der Waals surface area contributed by atoms with Crippen LogP contribution in [-0.2, 0) is 9.84 Å². The molecule has 26 heavy (non-hydrogen) atoms. The van der Waals surface area contributed by atoms with Crippen LogP contribution >= 0.6 is 15.9 Å². The van der Waals surface area contributed by atoms with E-state index in [1.165, 1.54) is 31.3 Å². The molecule has 12 heteroatoms. The zero-order valence-corrected chi connectivity index (χ0v) is 15.6. The molecule has 10 nitrogen and oxygen atoms in total. The first-order valence-corrected chi connectivity index (χ1v) is 9.61. The van der Waals surface area contributed by atoms with Crippen LogP contribution in [-0.4, -0.2) is 39.3 Å². The first-order valence-electron chi connectivity index (χ1n) is 7.16. The number of halogens is 1. The lowest BCUT2D eigenvalue weighted by molar-refractivity contribution is -0.384. The van der Waals surface area contributed by atoms with E-state index >= 15 is 0 Å². The molecule has 3 rings (SSSR count). The van der Waals surface area contributed by atoms with Crippen molar-refractivity contribution < 1.29 is 17.8 Å². The molecule has 0 fully saturated rings. The summed E-state index contributed by atoms with van der Waals surface area (Å²) in [6.07, 6.45) is 1.26. The van der Waals surface area contributed by atoms with E-state index in [2.05, 4.69) is 36.1 Å². The monoisotopic (exact) mass is 439 g/mol. The van der Waals surface area contributed by atoms with Gasteiger partial charge < -0.3 is 4.42 Å². The highest BCUT2D eigenvalue weighted by atomic mass is 79.9. The third-order valence-corrected chi connectivity index (χ3v) is 5.43. The van der Waals surface area contributed by atoms with Crippen LogP contribution in [0, 0.1) is 10.1 Å². The molecule has 2 heterocycles. The molecule has 0 atom stereocenters. The third kappa shape index (κ3) is 3.32. The molecule has 0 radical (unpaired) electrons. The van der Waals surface area contributed by atoms with E-state index in [0.29, 0.717) is 4.47 Å². The van der Waals surface area contributed by atoms with Crippen LogP contribution in [0.1, 0.15) is 6.92 Å². The third-order valence-electron chi connectivity index (χ3n) is 3.34. The lowest BCUT2D eigenvalue weighted by Crippen LogP contribution is -2.09. The lowest BCUT2D eigenvalue weighted by atomic mass is 10.2. The Labute approximate surface area is 155 Å². The highest BCUT2D eigenvalue weighted by Gasteiger charge is 2.23. The highest BCUT2D eigenvalue weighted by molar-refractivity contribution is 9.10. The van der Waals surface area contributed by atoms with Crippen LogP contribution in [0.15, 0.2) is 44.5 Å². The highest BCUT2D eigenvalue weighted by Crippen LogP contribution is 2.32. The van der Waals surface area contributed by atoms with Crippen LogP contribution in [0.4, 0.5) is 5.69 Å². The fourth-order valence-electron chi connectivity index (χ4n) is 2.02. The van der Waals surface area contributed by atoms with E-state index < -0.39 is 14.8 Å². The standard InChI is InChI=1S/C14H10BrN5O5S/c1-2-26(23,24)14-16-7-9(15)11(17-14)13-19-18-12(25-13)8-5-3-4-6-10(8)20(21)22/h3-7H,2H2,1H3. The molecule has 1 aromatic carbocycles. The number of benzene rings is 1. The molecule has 2 aromatic heterocycles. The van der Waals surface area contributed by atoms with E-state index in [0.717, 1.165) is 0 Å². The minimum atomic E-state index is -3.63. The Morgan fingerprint density at radius 3 is 2.62 bits per heavy atom. The summed E-state index contributed by atoms with van der Waals surface area (Å²) in [5.74, 6) is -0.350. The van der Waals surface area contributed by atoms with Crippen LogP contribution in [0.3, 0.4) is 0 Å². The molecule has 0 N–H and O–H groups in total. The van der Waals surface area contributed by atoms with Gasteiger partial charge in [0.25, 0.3) is 17.5 Å². The number of hydrogen-bond donors (Lipinski definition) is 0. The maximum absolute atomic E-state index is 12.0. The number of para-hydroxylation sites is 1. The molecule has 0 saturated carbocycles. The fourth-order valence-corrected chi connectivity index (χ4v) is 3.08. The number of nitro benzene ring substituents is 1. The summed E-state index contributed by atoms with van der Waals surface area (Å²) in [5.41, 5.74) is 0.0193. The van der Waals surface area contributed by atoms with Gasteiger partial charge in [-0.15, -0.1) is 10.2 Å². The van der Waals surface area contributed by atoms with Crippen molar-refractivity contribution in [3.8, 4) is 23.0 Å². The Morgan fingerprint density at radius 1 is 1.23 bits per heavy atom. The van der Waals surface area contributed by atoms with E-state index in [4.69, 9.17) is 4.42 Å². The van der Waals surface area contributed by atoms with Gasteiger partial charge in [-0.1, -0.05) is 19.1 Å². The summed E-state index contributed by atoms with van der Waals surface area (Å²) in [4.78, 5) is 18.3. The van der Waals surface area contributed by atoms with E-state index in [-0.39, 0.29) is 39.6 Å². The summed E-state index contributed by atoms with van der Waals surface area (Å²) < 4.78 is 29.7. The lowest BCUT2D eigenvalue weighted by Gasteiger charge is -2.02. The van der Waals surface area contributed by atoms with Crippen molar-refractivity contribution in [1.29, 1.82) is 0 Å². The van der Waals surface area contributed by atoms with E-state index in [1.54, 1.807) is 6.07 Å². The average molecular weight is 440 g/mol. The smallest absolute Gasteiger partial charge is 0.282 e. The SMILES string of the molecule is CCS(=O)(=O)c1ncc(Br)c(-c2nnc(-c3ccccc3[N+](=O)[O-])o2)n1. The predicted molar refractivity (Wildman–Crippen MR) is 92.8 cm³/mol. The van der Waals surface area contributed by atoms with Gasteiger partial charge in [0.2, 0.25) is 15.0 Å². The summed E-state index contributed by atoms with van der Waals surface area (Å²) in [6, 6.07) is 5.89. The summed E-state index contributed by atoms with van der Waals surface area (Å²) in [7, 11) is -3.63. The van der Waals surface area contributed by atoms with Crippen molar-refractivity contribution >= 4 is 31.5 Å². The normalized spacial score (nSPS) is 11.5. The molecule has 0 saturated heterocycles. The van der Waals surface area contributed by atoms with Crippen molar-refractivity contribution in [3.63, 3.8) is 0 Å². The summed E-state index contributed by atoms with van der Waals surface area (Å²) in [5, 5.41) is 18.4. The number of sulfone groups is 1. The van der Waals surface area contributed by atoms with Crippen molar-refractivity contribution in [2.45, 2.75) is 12.1 Å². The molecule has 0 amide bonds. The van der Waals surface area contributed by atoms with E-state index in [9.17, 15) is 18.5 Å². The van der Waals surface area contributed by atoms with Gasteiger partial charge in [-0.25, -0.2) is 18.4 Å². The Bertz CT molecular complexity index is 1100. The zero-order chi connectivity index (χ0) is 18.9. The largest absolute Gasteiger partial charge is 0.414 e. The maximum Gasteiger partial charge on any atom is 0.282 e. The van der Waals surface area contributed by atoms with E-state index in [1.807, 2.05) is 0 Å². The quantitative estimate of drug-likeness (QED) is 0.332. The van der Waals surface area contributed by atoms with Crippen molar-refractivity contribution in [2.75, 3.05) is 5.75 Å². The second-order valence-electron chi connectivity index (χ2n) is 4.94. The molecule has 0 aliphatic carbocycles. The van der Waals surface area contributed by atoms with Gasteiger partial charge in [0.1, 0.15) is 11.3 Å². The first-order chi connectivity index (χ1) is 12.3. The van der Waals surface area contributed by atoms with Crippen molar-refractivity contribution in [1.82, 2.24) is 20.2 Å². The van der Waals surface area contributed by atoms with Crippen molar-refractivity contribution in [2.24, 2.45) is 0 Å². The molecule has 134 valence electrons. The second-order valence-corrected chi connectivity index (χ2v) is 7.97. The van der Waals surface area contributed by atoms with Crippen LogP contribution in [0.5, 0.6) is 0 Å².